The standard InChI is InChI=1S/C16H20N4/c1-5-9-17-15-10-12(3)18-16(20-15)19-14-8-6-7-11(2)13(14)4/h5-8,10H,1,9H2,2-4H3,(H2,17,18,19,20). The van der Waals surface area contributed by atoms with Gasteiger partial charge in [0.15, 0.2) is 0 Å². The van der Waals surface area contributed by atoms with E-state index in [1.807, 2.05) is 25.1 Å². The molecule has 4 heteroatoms. The van der Waals surface area contributed by atoms with Crippen molar-refractivity contribution >= 4 is 17.5 Å². The second kappa shape index (κ2) is 6.19. The zero-order valence-electron chi connectivity index (χ0n) is 12.2. The average molecular weight is 268 g/mol. The number of anilines is 3. The highest BCUT2D eigenvalue weighted by molar-refractivity contribution is 5.61. The van der Waals surface area contributed by atoms with Gasteiger partial charge in [0.1, 0.15) is 5.82 Å². The van der Waals surface area contributed by atoms with E-state index in [9.17, 15) is 0 Å². The lowest BCUT2D eigenvalue weighted by atomic mass is 10.1. The summed E-state index contributed by atoms with van der Waals surface area (Å²) >= 11 is 0. The van der Waals surface area contributed by atoms with E-state index in [0.717, 1.165) is 17.2 Å². The van der Waals surface area contributed by atoms with E-state index in [-0.39, 0.29) is 0 Å². The largest absolute Gasteiger partial charge is 0.366 e. The number of aromatic nitrogens is 2. The number of rotatable bonds is 5. The van der Waals surface area contributed by atoms with Gasteiger partial charge in [0.05, 0.1) is 0 Å². The molecule has 0 amide bonds. The van der Waals surface area contributed by atoms with Crippen molar-refractivity contribution in [1.29, 1.82) is 0 Å². The van der Waals surface area contributed by atoms with Crippen molar-refractivity contribution in [1.82, 2.24) is 9.97 Å². The van der Waals surface area contributed by atoms with Crippen LogP contribution in [-0.2, 0) is 0 Å². The molecule has 1 heterocycles. The lowest BCUT2D eigenvalue weighted by Crippen LogP contribution is -2.06. The average Bonchev–Trinajstić information content (AvgIpc) is 2.41. The molecule has 0 saturated carbocycles. The monoisotopic (exact) mass is 268 g/mol. The molecule has 0 atom stereocenters. The highest BCUT2D eigenvalue weighted by Gasteiger charge is 2.05. The van der Waals surface area contributed by atoms with Crippen molar-refractivity contribution in [3.05, 3.63) is 53.7 Å². The van der Waals surface area contributed by atoms with Gasteiger partial charge in [0.25, 0.3) is 0 Å². The fourth-order valence-electron chi connectivity index (χ4n) is 1.90. The van der Waals surface area contributed by atoms with Crippen LogP contribution >= 0.6 is 0 Å². The quantitative estimate of drug-likeness (QED) is 0.811. The Kier molecular flexibility index (Phi) is 4.35. The summed E-state index contributed by atoms with van der Waals surface area (Å²) in [5.74, 6) is 1.40. The molecule has 0 aliphatic heterocycles. The molecule has 0 spiro atoms. The lowest BCUT2D eigenvalue weighted by molar-refractivity contribution is 1.09. The first-order valence-electron chi connectivity index (χ1n) is 6.64. The first-order valence-corrected chi connectivity index (χ1v) is 6.64. The van der Waals surface area contributed by atoms with Crippen LogP contribution in [0.4, 0.5) is 17.5 Å². The van der Waals surface area contributed by atoms with Crippen molar-refractivity contribution in [2.24, 2.45) is 0 Å². The predicted octanol–water partition coefficient (Wildman–Crippen LogP) is 3.74. The van der Waals surface area contributed by atoms with Gasteiger partial charge in [0, 0.05) is 24.0 Å². The summed E-state index contributed by atoms with van der Waals surface area (Å²) in [4.78, 5) is 8.88. The number of hydrogen-bond acceptors (Lipinski definition) is 4. The van der Waals surface area contributed by atoms with Crippen LogP contribution in [0.15, 0.2) is 36.9 Å². The summed E-state index contributed by atoms with van der Waals surface area (Å²) in [5.41, 5.74) is 4.40. The Morgan fingerprint density at radius 1 is 1.20 bits per heavy atom. The van der Waals surface area contributed by atoms with Crippen LogP contribution in [0.25, 0.3) is 0 Å². The van der Waals surface area contributed by atoms with Crippen LogP contribution in [0.5, 0.6) is 0 Å². The van der Waals surface area contributed by atoms with E-state index < -0.39 is 0 Å². The van der Waals surface area contributed by atoms with Gasteiger partial charge in [-0.1, -0.05) is 18.2 Å². The summed E-state index contributed by atoms with van der Waals surface area (Å²) in [6, 6.07) is 8.06. The van der Waals surface area contributed by atoms with Gasteiger partial charge in [-0.05, 0) is 38.0 Å². The van der Waals surface area contributed by atoms with Gasteiger partial charge >= 0.3 is 0 Å². The summed E-state index contributed by atoms with van der Waals surface area (Å²) in [6.45, 7) is 10.5. The maximum atomic E-state index is 4.46. The molecule has 104 valence electrons. The SMILES string of the molecule is C=CCNc1cc(C)nc(Nc2cccc(C)c2C)n1. The second-order valence-corrected chi connectivity index (χ2v) is 4.76. The zero-order valence-corrected chi connectivity index (χ0v) is 12.2. The zero-order chi connectivity index (χ0) is 14.5. The molecule has 4 nitrogen and oxygen atoms in total. The molecular weight excluding hydrogens is 248 g/mol. The number of hydrogen-bond donors (Lipinski definition) is 2. The Labute approximate surface area is 120 Å². The van der Waals surface area contributed by atoms with Crippen molar-refractivity contribution in [2.45, 2.75) is 20.8 Å². The minimum Gasteiger partial charge on any atom is -0.366 e. The van der Waals surface area contributed by atoms with Gasteiger partial charge in [-0.15, -0.1) is 6.58 Å². The normalized spacial score (nSPS) is 10.2. The molecule has 20 heavy (non-hydrogen) atoms. The molecule has 0 unspecified atom stereocenters. The van der Waals surface area contributed by atoms with Crippen LogP contribution < -0.4 is 10.6 Å². The molecule has 2 N–H and O–H groups in total. The Hall–Kier alpha value is -2.36. The topological polar surface area (TPSA) is 49.8 Å². The molecule has 2 aromatic rings. The Balaban J connectivity index is 2.26. The van der Waals surface area contributed by atoms with Gasteiger partial charge in [-0.2, -0.15) is 4.98 Å². The second-order valence-electron chi connectivity index (χ2n) is 4.76. The molecular formula is C16H20N4. The Morgan fingerprint density at radius 3 is 2.75 bits per heavy atom. The smallest absolute Gasteiger partial charge is 0.229 e. The number of nitrogens with one attached hydrogen (secondary N) is 2. The lowest BCUT2D eigenvalue weighted by Gasteiger charge is -2.12. The fraction of sp³-hybridized carbons (Fsp3) is 0.250. The third kappa shape index (κ3) is 3.35. The predicted molar refractivity (Wildman–Crippen MR) is 84.7 cm³/mol. The van der Waals surface area contributed by atoms with Crippen LogP contribution in [0.3, 0.4) is 0 Å². The van der Waals surface area contributed by atoms with E-state index in [1.165, 1.54) is 11.1 Å². The number of benzene rings is 1. The molecule has 0 aliphatic carbocycles. The summed E-state index contributed by atoms with van der Waals surface area (Å²) in [5, 5.41) is 6.46. The molecule has 0 aliphatic rings. The van der Waals surface area contributed by atoms with Crippen LogP contribution in [0.2, 0.25) is 0 Å². The molecule has 0 bridgehead atoms. The third-order valence-corrected chi connectivity index (χ3v) is 3.13. The number of nitrogens with zero attached hydrogens (tertiary/aromatic N) is 2. The highest BCUT2D eigenvalue weighted by Crippen LogP contribution is 2.21. The van der Waals surface area contributed by atoms with E-state index in [0.29, 0.717) is 12.5 Å². The molecule has 0 fully saturated rings. The molecule has 2 rings (SSSR count). The van der Waals surface area contributed by atoms with E-state index in [2.05, 4.69) is 47.1 Å². The van der Waals surface area contributed by atoms with Gasteiger partial charge < -0.3 is 10.6 Å². The molecule has 1 aromatic heterocycles. The minimum atomic E-state index is 0.602. The minimum absolute atomic E-state index is 0.602. The summed E-state index contributed by atoms with van der Waals surface area (Å²) in [6.07, 6.45) is 1.80. The molecule has 1 aromatic carbocycles. The maximum absolute atomic E-state index is 4.46. The first kappa shape index (κ1) is 14.1. The summed E-state index contributed by atoms with van der Waals surface area (Å²) < 4.78 is 0. The molecule has 0 radical (unpaired) electrons. The highest BCUT2D eigenvalue weighted by atomic mass is 15.1. The van der Waals surface area contributed by atoms with Crippen molar-refractivity contribution in [3.63, 3.8) is 0 Å². The summed E-state index contributed by atoms with van der Waals surface area (Å²) in [7, 11) is 0. The van der Waals surface area contributed by atoms with Gasteiger partial charge in [-0.25, -0.2) is 4.98 Å². The van der Waals surface area contributed by atoms with Gasteiger partial charge in [-0.3, -0.25) is 0 Å². The van der Waals surface area contributed by atoms with Crippen molar-refractivity contribution in [3.8, 4) is 0 Å². The van der Waals surface area contributed by atoms with Crippen molar-refractivity contribution in [2.75, 3.05) is 17.2 Å². The maximum Gasteiger partial charge on any atom is 0.229 e. The van der Waals surface area contributed by atoms with E-state index >= 15 is 0 Å². The van der Waals surface area contributed by atoms with Crippen LogP contribution in [-0.4, -0.2) is 16.5 Å². The van der Waals surface area contributed by atoms with E-state index in [4.69, 9.17) is 0 Å². The molecule has 0 saturated heterocycles. The van der Waals surface area contributed by atoms with Crippen molar-refractivity contribution < 1.29 is 0 Å². The van der Waals surface area contributed by atoms with Gasteiger partial charge in [0.2, 0.25) is 5.95 Å². The van der Waals surface area contributed by atoms with E-state index in [1.54, 1.807) is 6.08 Å². The van der Waals surface area contributed by atoms with Crippen LogP contribution in [0, 0.1) is 20.8 Å². The Bertz CT molecular complexity index is 620. The first-order chi connectivity index (χ1) is 9.60. The number of aryl methyl sites for hydroxylation is 2. The van der Waals surface area contributed by atoms with Crippen LogP contribution in [0.1, 0.15) is 16.8 Å². The Morgan fingerprint density at radius 2 is 2.00 bits per heavy atom. The third-order valence-electron chi connectivity index (χ3n) is 3.13. The fourth-order valence-corrected chi connectivity index (χ4v) is 1.90.